The van der Waals surface area contributed by atoms with Crippen molar-refractivity contribution in [1.82, 2.24) is 4.90 Å². The summed E-state index contributed by atoms with van der Waals surface area (Å²) in [6, 6.07) is 7.55. The second-order valence-corrected chi connectivity index (χ2v) is 4.74. The molecule has 2 N–H and O–H groups in total. The number of benzene rings is 1. The fourth-order valence-corrected chi connectivity index (χ4v) is 1.95. The molecule has 0 aromatic heterocycles. The maximum atomic E-state index is 12.0. The molecule has 17 heavy (non-hydrogen) atoms. The number of rotatable bonds is 5. The molecule has 1 aromatic carbocycles. The molecule has 0 spiro atoms. The fraction of sp³-hybridized carbons (Fsp3) is 0.462. The SMILES string of the molecule is CC(CCN)C(=O)N(C)Cc1cccc(Cl)c1. The molecule has 0 fully saturated rings. The Morgan fingerprint density at radius 3 is 2.82 bits per heavy atom. The van der Waals surface area contributed by atoms with E-state index in [1.165, 1.54) is 0 Å². The molecule has 1 unspecified atom stereocenters. The van der Waals surface area contributed by atoms with Gasteiger partial charge in [-0.1, -0.05) is 30.7 Å². The van der Waals surface area contributed by atoms with E-state index in [9.17, 15) is 4.79 Å². The topological polar surface area (TPSA) is 46.3 Å². The van der Waals surface area contributed by atoms with Crippen molar-refractivity contribution in [1.29, 1.82) is 0 Å². The maximum Gasteiger partial charge on any atom is 0.225 e. The van der Waals surface area contributed by atoms with Crippen LogP contribution in [-0.2, 0) is 11.3 Å². The summed E-state index contributed by atoms with van der Waals surface area (Å²) in [5.41, 5.74) is 6.49. The zero-order valence-corrected chi connectivity index (χ0v) is 11.1. The highest BCUT2D eigenvalue weighted by Gasteiger charge is 2.16. The lowest BCUT2D eigenvalue weighted by atomic mass is 10.1. The van der Waals surface area contributed by atoms with E-state index in [2.05, 4.69) is 0 Å². The van der Waals surface area contributed by atoms with Gasteiger partial charge < -0.3 is 10.6 Å². The minimum atomic E-state index is -0.0239. The van der Waals surface area contributed by atoms with E-state index in [1.807, 2.05) is 31.2 Å². The number of nitrogens with zero attached hydrogens (tertiary/aromatic N) is 1. The Bertz CT molecular complexity index is 381. The molecular weight excluding hydrogens is 236 g/mol. The Kier molecular flexibility index (Phi) is 5.45. The van der Waals surface area contributed by atoms with Gasteiger partial charge in [-0.05, 0) is 30.7 Å². The van der Waals surface area contributed by atoms with Crippen LogP contribution in [0.4, 0.5) is 0 Å². The Morgan fingerprint density at radius 1 is 1.53 bits per heavy atom. The van der Waals surface area contributed by atoms with Gasteiger partial charge in [-0.2, -0.15) is 0 Å². The Labute approximate surface area is 108 Å². The molecule has 4 heteroatoms. The van der Waals surface area contributed by atoms with Crippen molar-refractivity contribution in [3.05, 3.63) is 34.9 Å². The maximum absolute atomic E-state index is 12.0. The molecule has 0 aliphatic rings. The molecule has 0 heterocycles. The van der Waals surface area contributed by atoms with Gasteiger partial charge >= 0.3 is 0 Å². The average molecular weight is 255 g/mol. The molecule has 0 saturated carbocycles. The molecule has 0 aliphatic carbocycles. The summed E-state index contributed by atoms with van der Waals surface area (Å²) >= 11 is 5.90. The van der Waals surface area contributed by atoms with Gasteiger partial charge in [0.25, 0.3) is 0 Å². The highest BCUT2D eigenvalue weighted by Crippen LogP contribution is 2.13. The van der Waals surface area contributed by atoms with Crippen molar-refractivity contribution >= 4 is 17.5 Å². The largest absolute Gasteiger partial charge is 0.341 e. The monoisotopic (exact) mass is 254 g/mol. The van der Waals surface area contributed by atoms with E-state index in [-0.39, 0.29) is 11.8 Å². The predicted molar refractivity (Wildman–Crippen MR) is 70.8 cm³/mol. The van der Waals surface area contributed by atoms with Gasteiger partial charge in [-0.15, -0.1) is 0 Å². The standard InChI is InChI=1S/C13H19ClN2O/c1-10(6-7-15)13(17)16(2)9-11-4-3-5-12(14)8-11/h3-5,8,10H,6-7,9,15H2,1-2H3. The number of carbonyl (C=O) groups excluding carboxylic acids is 1. The van der Waals surface area contributed by atoms with Crippen LogP contribution in [0, 0.1) is 5.92 Å². The minimum Gasteiger partial charge on any atom is -0.341 e. The first-order valence-corrected chi connectivity index (χ1v) is 6.12. The van der Waals surface area contributed by atoms with E-state index in [0.29, 0.717) is 18.1 Å². The molecule has 1 amide bonds. The van der Waals surface area contributed by atoms with Crippen LogP contribution in [0.15, 0.2) is 24.3 Å². The van der Waals surface area contributed by atoms with E-state index in [0.717, 1.165) is 12.0 Å². The molecule has 0 aliphatic heterocycles. The van der Waals surface area contributed by atoms with Gasteiger partial charge in [0, 0.05) is 24.5 Å². The van der Waals surface area contributed by atoms with Gasteiger partial charge in [-0.3, -0.25) is 4.79 Å². The zero-order valence-electron chi connectivity index (χ0n) is 10.3. The Balaban J connectivity index is 2.59. The van der Waals surface area contributed by atoms with Crippen LogP contribution in [0.3, 0.4) is 0 Å². The number of nitrogens with two attached hydrogens (primary N) is 1. The Morgan fingerprint density at radius 2 is 2.24 bits per heavy atom. The summed E-state index contributed by atoms with van der Waals surface area (Å²) in [5.74, 6) is 0.0969. The van der Waals surface area contributed by atoms with Gasteiger partial charge in [0.2, 0.25) is 5.91 Å². The van der Waals surface area contributed by atoms with Crippen molar-refractivity contribution in [2.75, 3.05) is 13.6 Å². The van der Waals surface area contributed by atoms with Crippen LogP contribution in [-0.4, -0.2) is 24.4 Å². The summed E-state index contributed by atoms with van der Waals surface area (Å²) in [7, 11) is 1.80. The van der Waals surface area contributed by atoms with Crippen molar-refractivity contribution in [3.8, 4) is 0 Å². The second-order valence-electron chi connectivity index (χ2n) is 4.30. The van der Waals surface area contributed by atoms with Gasteiger partial charge in [0.05, 0.1) is 0 Å². The number of carbonyl (C=O) groups is 1. The smallest absolute Gasteiger partial charge is 0.225 e. The fourth-order valence-electron chi connectivity index (χ4n) is 1.74. The van der Waals surface area contributed by atoms with E-state index in [4.69, 9.17) is 17.3 Å². The first kappa shape index (κ1) is 14.0. The van der Waals surface area contributed by atoms with Crippen molar-refractivity contribution < 1.29 is 4.79 Å². The van der Waals surface area contributed by atoms with Gasteiger partial charge in [0.1, 0.15) is 0 Å². The normalized spacial score (nSPS) is 12.2. The number of hydrogen-bond donors (Lipinski definition) is 1. The van der Waals surface area contributed by atoms with Crippen LogP contribution in [0.5, 0.6) is 0 Å². The van der Waals surface area contributed by atoms with Gasteiger partial charge in [0.15, 0.2) is 0 Å². The van der Waals surface area contributed by atoms with E-state index < -0.39 is 0 Å². The molecule has 3 nitrogen and oxygen atoms in total. The highest BCUT2D eigenvalue weighted by molar-refractivity contribution is 6.30. The van der Waals surface area contributed by atoms with E-state index >= 15 is 0 Å². The van der Waals surface area contributed by atoms with Crippen LogP contribution >= 0.6 is 11.6 Å². The molecule has 94 valence electrons. The predicted octanol–water partition coefficient (Wildman–Crippen LogP) is 2.28. The number of halogens is 1. The van der Waals surface area contributed by atoms with Crippen molar-refractivity contribution in [3.63, 3.8) is 0 Å². The summed E-state index contributed by atoms with van der Waals surface area (Å²) in [6.45, 7) is 3.02. The quantitative estimate of drug-likeness (QED) is 0.876. The third kappa shape index (κ3) is 4.36. The molecule has 0 saturated heterocycles. The van der Waals surface area contributed by atoms with Crippen molar-refractivity contribution in [2.45, 2.75) is 19.9 Å². The third-order valence-corrected chi connectivity index (χ3v) is 2.94. The number of hydrogen-bond acceptors (Lipinski definition) is 2. The van der Waals surface area contributed by atoms with Crippen LogP contribution in [0.2, 0.25) is 5.02 Å². The van der Waals surface area contributed by atoms with E-state index in [1.54, 1.807) is 11.9 Å². The van der Waals surface area contributed by atoms with Crippen molar-refractivity contribution in [2.24, 2.45) is 11.7 Å². The first-order chi connectivity index (χ1) is 8.04. The summed E-state index contributed by atoms with van der Waals surface area (Å²) < 4.78 is 0. The first-order valence-electron chi connectivity index (χ1n) is 5.74. The zero-order chi connectivity index (χ0) is 12.8. The Hall–Kier alpha value is -1.06. The molecule has 1 aromatic rings. The third-order valence-electron chi connectivity index (χ3n) is 2.71. The highest BCUT2D eigenvalue weighted by atomic mass is 35.5. The number of amides is 1. The molecule has 0 radical (unpaired) electrons. The summed E-state index contributed by atoms with van der Waals surface area (Å²) in [5, 5.41) is 0.693. The van der Waals surface area contributed by atoms with Crippen LogP contribution in [0.1, 0.15) is 18.9 Å². The molecule has 1 atom stereocenters. The molecule has 0 bridgehead atoms. The van der Waals surface area contributed by atoms with Crippen LogP contribution in [0.25, 0.3) is 0 Å². The minimum absolute atomic E-state index is 0.0239. The summed E-state index contributed by atoms with van der Waals surface area (Å²) in [4.78, 5) is 13.7. The second kappa shape index (κ2) is 6.62. The van der Waals surface area contributed by atoms with Gasteiger partial charge in [-0.25, -0.2) is 0 Å². The lowest BCUT2D eigenvalue weighted by Gasteiger charge is -2.21. The molecule has 1 rings (SSSR count). The lowest BCUT2D eigenvalue weighted by molar-refractivity contribution is -0.134. The average Bonchev–Trinajstić information content (AvgIpc) is 2.28. The lowest BCUT2D eigenvalue weighted by Crippen LogP contribution is -2.32. The summed E-state index contributed by atoms with van der Waals surface area (Å²) in [6.07, 6.45) is 0.721. The van der Waals surface area contributed by atoms with Crippen LogP contribution < -0.4 is 5.73 Å². The molecular formula is C13H19ClN2O.